The summed E-state index contributed by atoms with van der Waals surface area (Å²) in [6.45, 7) is 2.56. The number of rotatable bonds is 3. The molecule has 0 spiro atoms. The van der Waals surface area contributed by atoms with Gasteiger partial charge in [0.1, 0.15) is 23.1 Å². The third kappa shape index (κ3) is 2.55. The summed E-state index contributed by atoms with van der Waals surface area (Å²) < 4.78 is 11.4. The highest BCUT2D eigenvalue weighted by atomic mass is 16.5. The predicted molar refractivity (Wildman–Crippen MR) is 101 cm³/mol. The number of nitrogens with zero attached hydrogens (tertiary/aromatic N) is 1. The zero-order chi connectivity index (χ0) is 18.1. The Morgan fingerprint density at radius 3 is 2.58 bits per heavy atom. The van der Waals surface area contributed by atoms with E-state index in [-0.39, 0.29) is 11.8 Å². The first kappa shape index (κ1) is 16.0. The van der Waals surface area contributed by atoms with Crippen LogP contribution < -0.4 is 15.2 Å². The molecule has 128 valence electrons. The molecule has 4 heteroatoms. The molecular weight excluding hydrogens is 324 g/mol. The molecule has 4 nitrogen and oxygen atoms in total. The first-order valence-electron chi connectivity index (χ1n) is 8.55. The highest BCUT2D eigenvalue weighted by Gasteiger charge is 2.31. The number of allylic oxidation sites excluding steroid dienone is 1. The van der Waals surface area contributed by atoms with Gasteiger partial charge in [0.05, 0.1) is 12.5 Å². The Kier molecular flexibility index (Phi) is 3.98. The number of hydrogen-bond acceptors (Lipinski definition) is 4. The third-order valence-corrected chi connectivity index (χ3v) is 4.63. The average Bonchev–Trinajstić information content (AvgIpc) is 2.68. The van der Waals surface area contributed by atoms with Crippen molar-refractivity contribution >= 4 is 10.8 Å². The molecule has 0 saturated carbocycles. The molecule has 1 aliphatic rings. The smallest absolute Gasteiger partial charge is 0.205 e. The van der Waals surface area contributed by atoms with E-state index in [1.807, 2.05) is 61.5 Å². The van der Waals surface area contributed by atoms with Gasteiger partial charge in [-0.3, -0.25) is 0 Å². The van der Waals surface area contributed by atoms with Gasteiger partial charge in [0.25, 0.3) is 0 Å². The van der Waals surface area contributed by atoms with Gasteiger partial charge in [0.2, 0.25) is 5.88 Å². The van der Waals surface area contributed by atoms with E-state index in [4.69, 9.17) is 15.2 Å². The van der Waals surface area contributed by atoms with E-state index in [0.717, 1.165) is 33.4 Å². The molecule has 1 heterocycles. The standard InChI is InChI=1S/C22H18N2O2/c1-2-25-16-10-7-15(8-11-16)20-18-12-9-14-5-3-4-6-17(14)21(18)26-22(24)19(20)13-23/h3-12,20H,2,24H2,1H3. The van der Waals surface area contributed by atoms with Crippen LogP contribution in [-0.2, 0) is 0 Å². The molecule has 1 unspecified atom stereocenters. The minimum Gasteiger partial charge on any atom is -0.494 e. The van der Waals surface area contributed by atoms with E-state index in [2.05, 4.69) is 12.1 Å². The van der Waals surface area contributed by atoms with Crippen molar-refractivity contribution in [1.82, 2.24) is 0 Å². The van der Waals surface area contributed by atoms with Crippen LogP contribution in [0.5, 0.6) is 11.5 Å². The van der Waals surface area contributed by atoms with Crippen LogP contribution in [-0.4, -0.2) is 6.61 Å². The maximum Gasteiger partial charge on any atom is 0.205 e. The van der Waals surface area contributed by atoms with Crippen LogP contribution in [0, 0.1) is 11.3 Å². The van der Waals surface area contributed by atoms with Gasteiger partial charge in [0, 0.05) is 10.9 Å². The normalized spacial score (nSPS) is 15.9. The SMILES string of the molecule is CCOc1ccc(C2C(C#N)=C(N)Oc3c2ccc2ccccc32)cc1. The van der Waals surface area contributed by atoms with E-state index in [9.17, 15) is 5.26 Å². The number of ether oxygens (including phenoxy) is 2. The molecule has 4 rings (SSSR count). The van der Waals surface area contributed by atoms with Crippen LogP contribution in [0.4, 0.5) is 0 Å². The second-order valence-electron chi connectivity index (χ2n) is 6.13. The molecule has 26 heavy (non-hydrogen) atoms. The Labute approximate surface area is 152 Å². The summed E-state index contributed by atoms with van der Waals surface area (Å²) in [5.74, 6) is 1.43. The van der Waals surface area contributed by atoms with Crippen molar-refractivity contribution in [2.75, 3.05) is 6.61 Å². The van der Waals surface area contributed by atoms with Gasteiger partial charge in [0.15, 0.2) is 0 Å². The summed E-state index contributed by atoms with van der Waals surface area (Å²) in [7, 11) is 0. The van der Waals surface area contributed by atoms with Crippen LogP contribution in [0.3, 0.4) is 0 Å². The molecule has 3 aromatic rings. The molecule has 0 radical (unpaired) electrons. The van der Waals surface area contributed by atoms with Crippen molar-refractivity contribution in [2.24, 2.45) is 5.73 Å². The van der Waals surface area contributed by atoms with Crippen LogP contribution in [0.2, 0.25) is 0 Å². The Bertz CT molecular complexity index is 1050. The molecule has 1 aliphatic heterocycles. The van der Waals surface area contributed by atoms with E-state index in [1.165, 1.54) is 0 Å². The summed E-state index contributed by atoms with van der Waals surface area (Å²) in [5, 5.41) is 11.7. The molecule has 0 aromatic heterocycles. The third-order valence-electron chi connectivity index (χ3n) is 4.63. The fourth-order valence-electron chi connectivity index (χ4n) is 3.45. The predicted octanol–water partition coefficient (Wildman–Crippen LogP) is 4.46. The molecule has 0 saturated heterocycles. The van der Waals surface area contributed by atoms with Gasteiger partial charge >= 0.3 is 0 Å². The maximum atomic E-state index is 9.68. The lowest BCUT2D eigenvalue weighted by atomic mass is 9.82. The van der Waals surface area contributed by atoms with E-state index in [1.54, 1.807) is 0 Å². The van der Waals surface area contributed by atoms with Crippen molar-refractivity contribution in [3.8, 4) is 17.6 Å². The number of nitriles is 1. The fraction of sp³-hybridized carbons (Fsp3) is 0.136. The van der Waals surface area contributed by atoms with E-state index >= 15 is 0 Å². The Balaban J connectivity index is 1.90. The molecule has 3 aromatic carbocycles. The van der Waals surface area contributed by atoms with Crippen molar-refractivity contribution in [3.05, 3.63) is 83.2 Å². The maximum absolute atomic E-state index is 9.68. The number of nitrogens with two attached hydrogens (primary N) is 1. The van der Waals surface area contributed by atoms with Gasteiger partial charge in [-0.1, -0.05) is 48.5 Å². The van der Waals surface area contributed by atoms with Crippen molar-refractivity contribution < 1.29 is 9.47 Å². The molecule has 0 fully saturated rings. The Hall–Kier alpha value is -3.45. The van der Waals surface area contributed by atoms with Gasteiger partial charge in [-0.05, 0) is 30.0 Å². The Morgan fingerprint density at radius 1 is 1.08 bits per heavy atom. The summed E-state index contributed by atoms with van der Waals surface area (Å²) in [5.41, 5.74) is 8.46. The van der Waals surface area contributed by atoms with Gasteiger partial charge < -0.3 is 15.2 Å². The van der Waals surface area contributed by atoms with Crippen LogP contribution in [0.1, 0.15) is 24.0 Å². The lowest BCUT2D eigenvalue weighted by molar-refractivity contribution is 0.340. The quantitative estimate of drug-likeness (QED) is 0.763. The molecule has 0 bridgehead atoms. The summed E-state index contributed by atoms with van der Waals surface area (Å²) in [4.78, 5) is 0. The lowest BCUT2D eigenvalue weighted by Gasteiger charge is -2.27. The number of benzene rings is 3. The number of hydrogen-bond donors (Lipinski definition) is 1. The van der Waals surface area contributed by atoms with Crippen LogP contribution in [0.25, 0.3) is 10.8 Å². The first-order chi connectivity index (χ1) is 12.7. The van der Waals surface area contributed by atoms with Crippen molar-refractivity contribution in [1.29, 1.82) is 5.26 Å². The zero-order valence-electron chi connectivity index (χ0n) is 14.4. The largest absolute Gasteiger partial charge is 0.494 e. The zero-order valence-corrected chi connectivity index (χ0v) is 14.4. The number of fused-ring (bicyclic) bond motifs is 3. The molecule has 0 aliphatic carbocycles. The molecular formula is C22H18N2O2. The van der Waals surface area contributed by atoms with Crippen LogP contribution >= 0.6 is 0 Å². The topological polar surface area (TPSA) is 68.3 Å². The van der Waals surface area contributed by atoms with Crippen molar-refractivity contribution in [2.45, 2.75) is 12.8 Å². The van der Waals surface area contributed by atoms with Crippen LogP contribution in [0.15, 0.2) is 72.1 Å². The highest BCUT2D eigenvalue weighted by molar-refractivity contribution is 5.90. The van der Waals surface area contributed by atoms with E-state index < -0.39 is 0 Å². The molecule has 0 amide bonds. The summed E-state index contributed by atoms with van der Waals surface area (Å²) in [6, 6.07) is 22.1. The Morgan fingerprint density at radius 2 is 1.85 bits per heavy atom. The summed E-state index contributed by atoms with van der Waals surface area (Å²) in [6.07, 6.45) is 0. The van der Waals surface area contributed by atoms with Crippen molar-refractivity contribution in [3.63, 3.8) is 0 Å². The highest BCUT2D eigenvalue weighted by Crippen LogP contribution is 2.45. The molecule has 1 atom stereocenters. The average molecular weight is 342 g/mol. The fourth-order valence-corrected chi connectivity index (χ4v) is 3.45. The summed E-state index contributed by atoms with van der Waals surface area (Å²) >= 11 is 0. The van der Waals surface area contributed by atoms with Gasteiger partial charge in [-0.25, -0.2) is 0 Å². The van der Waals surface area contributed by atoms with E-state index in [0.29, 0.717) is 12.2 Å². The second kappa shape index (κ2) is 6.45. The molecule has 2 N–H and O–H groups in total. The van der Waals surface area contributed by atoms with Gasteiger partial charge in [-0.2, -0.15) is 5.26 Å². The lowest BCUT2D eigenvalue weighted by Crippen LogP contribution is -2.21. The minimum atomic E-state index is -0.260. The minimum absolute atomic E-state index is 0.162. The monoisotopic (exact) mass is 342 g/mol. The first-order valence-corrected chi connectivity index (χ1v) is 8.55. The van der Waals surface area contributed by atoms with Gasteiger partial charge in [-0.15, -0.1) is 0 Å². The second-order valence-corrected chi connectivity index (χ2v) is 6.13.